The van der Waals surface area contributed by atoms with Gasteiger partial charge in [0.15, 0.2) is 0 Å². The Balaban J connectivity index is 2.33. The summed E-state index contributed by atoms with van der Waals surface area (Å²) in [5.74, 6) is 0. The van der Waals surface area contributed by atoms with Gasteiger partial charge in [-0.25, -0.2) is 0 Å². The van der Waals surface area contributed by atoms with Crippen LogP contribution in [0.1, 0.15) is 18.3 Å². The summed E-state index contributed by atoms with van der Waals surface area (Å²) in [6, 6.07) is 0. The Morgan fingerprint density at radius 3 is 2.77 bits per heavy atom. The van der Waals surface area contributed by atoms with Crippen LogP contribution in [0.4, 0.5) is 0 Å². The van der Waals surface area contributed by atoms with Crippen LogP contribution in [0.2, 0.25) is 0 Å². The molecule has 0 aliphatic rings. The maximum atomic E-state index is 8.98. The third-order valence-electron chi connectivity index (χ3n) is 1.58. The van der Waals surface area contributed by atoms with Crippen molar-refractivity contribution in [2.24, 2.45) is 0 Å². The first-order valence-electron chi connectivity index (χ1n) is 4.35. The predicted molar refractivity (Wildman–Crippen MR) is 50.2 cm³/mol. The Bertz CT molecular complexity index is 246. The molecule has 1 heterocycles. The van der Waals surface area contributed by atoms with E-state index in [1.54, 1.807) is 19.3 Å². The summed E-state index contributed by atoms with van der Waals surface area (Å²) in [5.41, 5.74) is 1.81. The van der Waals surface area contributed by atoms with E-state index in [0.717, 1.165) is 11.4 Å². The lowest BCUT2D eigenvalue weighted by Crippen LogP contribution is -2.24. The summed E-state index contributed by atoms with van der Waals surface area (Å²) in [4.78, 5) is 8.28. The molecule has 0 spiro atoms. The highest BCUT2D eigenvalue weighted by Crippen LogP contribution is 1.93. The van der Waals surface area contributed by atoms with Gasteiger partial charge in [-0.2, -0.15) is 0 Å². The minimum Gasteiger partial charge on any atom is -0.392 e. The number of hydrogen-bond acceptors (Lipinski definition) is 4. The van der Waals surface area contributed by atoms with Gasteiger partial charge in [-0.3, -0.25) is 9.97 Å². The molecular formula is C9H15N3O. The maximum absolute atomic E-state index is 8.98. The van der Waals surface area contributed by atoms with Gasteiger partial charge in [0.1, 0.15) is 0 Å². The van der Waals surface area contributed by atoms with E-state index in [0.29, 0.717) is 13.1 Å². The molecule has 0 amide bonds. The maximum Gasteiger partial charge on any atom is 0.0724 e. The molecule has 0 radical (unpaired) electrons. The average Bonchev–Trinajstić information content (AvgIpc) is 2.08. The van der Waals surface area contributed by atoms with Crippen LogP contribution in [0.15, 0.2) is 12.4 Å². The average molecular weight is 181 g/mol. The van der Waals surface area contributed by atoms with Gasteiger partial charge in [-0.05, 0) is 13.8 Å². The van der Waals surface area contributed by atoms with Gasteiger partial charge < -0.3 is 10.4 Å². The molecule has 0 bridgehead atoms. The first-order valence-corrected chi connectivity index (χ1v) is 4.35. The van der Waals surface area contributed by atoms with E-state index >= 15 is 0 Å². The zero-order valence-electron chi connectivity index (χ0n) is 7.99. The quantitative estimate of drug-likeness (QED) is 0.699. The molecule has 0 fully saturated rings. The highest BCUT2D eigenvalue weighted by Gasteiger charge is 1.96. The number of nitrogens with zero attached hydrogens (tertiary/aromatic N) is 2. The van der Waals surface area contributed by atoms with E-state index in [-0.39, 0.29) is 6.10 Å². The zero-order valence-corrected chi connectivity index (χ0v) is 7.99. The van der Waals surface area contributed by atoms with Crippen molar-refractivity contribution in [1.82, 2.24) is 15.3 Å². The number of aliphatic hydroxyl groups excluding tert-OH is 1. The third kappa shape index (κ3) is 3.96. The lowest BCUT2D eigenvalue weighted by Gasteiger charge is -2.05. The van der Waals surface area contributed by atoms with Gasteiger partial charge in [0.25, 0.3) is 0 Å². The number of hydrogen-bond donors (Lipinski definition) is 2. The smallest absolute Gasteiger partial charge is 0.0724 e. The van der Waals surface area contributed by atoms with Crippen LogP contribution in [0.5, 0.6) is 0 Å². The second-order valence-corrected chi connectivity index (χ2v) is 3.13. The molecule has 2 N–H and O–H groups in total. The Hall–Kier alpha value is -1.00. The van der Waals surface area contributed by atoms with Gasteiger partial charge in [-0.1, -0.05) is 0 Å². The SMILES string of the molecule is Cc1cnc(CNC[C@@H](C)O)cn1. The van der Waals surface area contributed by atoms with Crippen molar-refractivity contribution in [3.63, 3.8) is 0 Å². The number of aliphatic hydroxyl groups is 1. The van der Waals surface area contributed by atoms with Crippen LogP contribution in [0.3, 0.4) is 0 Å². The molecule has 13 heavy (non-hydrogen) atoms. The monoisotopic (exact) mass is 181 g/mol. The fourth-order valence-corrected chi connectivity index (χ4v) is 0.920. The number of aryl methyl sites for hydroxylation is 1. The summed E-state index contributed by atoms with van der Waals surface area (Å²) in [5, 5.41) is 12.0. The Morgan fingerprint density at radius 1 is 1.46 bits per heavy atom. The van der Waals surface area contributed by atoms with Crippen LogP contribution in [-0.2, 0) is 6.54 Å². The van der Waals surface area contributed by atoms with Gasteiger partial charge in [0, 0.05) is 25.5 Å². The van der Waals surface area contributed by atoms with Gasteiger partial charge in [-0.15, -0.1) is 0 Å². The molecule has 0 aliphatic heterocycles. The number of aromatic nitrogens is 2. The van der Waals surface area contributed by atoms with Crippen molar-refractivity contribution >= 4 is 0 Å². The second kappa shape index (κ2) is 4.89. The molecule has 1 atom stereocenters. The molecule has 1 aromatic rings. The topological polar surface area (TPSA) is 58.0 Å². The highest BCUT2D eigenvalue weighted by molar-refractivity contribution is 5.00. The van der Waals surface area contributed by atoms with Gasteiger partial charge in [0.2, 0.25) is 0 Å². The van der Waals surface area contributed by atoms with Crippen molar-refractivity contribution < 1.29 is 5.11 Å². The molecule has 0 aromatic carbocycles. The van der Waals surface area contributed by atoms with Crippen LogP contribution in [0.25, 0.3) is 0 Å². The van der Waals surface area contributed by atoms with Crippen molar-refractivity contribution in [3.05, 3.63) is 23.8 Å². The molecule has 0 saturated carbocycles. The summed E-state index contributed by atoms with van der Waals surface area (Å²) >= 11 is 0. The number of rotatable bonds is 4. The second-order valence-electron chi connectivity index (χ2n) is 3.13. The van der Waals surface area contributed by atoms with Crippen molar-refractivity contribution in [2.75, 3.05) is 6.54 Å². The summed E-state index contributed by atoms with van der Waals surface area (Å²) in [6.45, 7) is 4.88. The molecule has 0 aliphatic carbocycles. The summed E-state index contributed by atoms with van der Waals surface area (Å²) in [7, 11) is 0. The van der Waals surface area contributed by atoms with Crippen LogP contribution in [-0.4, -0.2) is 27.7 Å². The van der Waals surface area contributed by atoms with Crippen LogP contribution in [0, 0.1) is 6.92 Å². The van der Waals surface area contributed by atoms with Crippen LogP contribution >= 0.6 is 0 Å². The number of nitrogens with one attached hydrogen (secondary N) is 1. The van der Waals surface area contributed by atoms with E-state index in [9.17, 15) is 0 Å². The molecule has 0 unspecified atom stereocenters. The Morgan fingerprint density at radius 2 is 2.23 bits per heavy atom. The minimum absolute atomic E-state index is 0.321. The predicted octanol–water partition coefficient (Wildman–Crippen LogP) is 0.255. The molecule has 4 heteroatoms. The van der Waals surface area contributed by atoms with Crippen LogP contribution < -0.4 is 5.32 Å². The van der Waals surface area contributed by atoms with Crippen molar-refractivity contribution in [2.45, 2.75) is 26.5 Å². The van der Waals surface area contributed by atoms with E-state index in [1.165, 1.54) is 0 Å². The normalized spacial score (nSPS) is 12.8. The largest absolute Gasteiger partial charge is 0.392 e. The van der Waals surface area contributed by atoms with E-state index in [4.69, 9.17) is 5.11 Å². The van der Waals surface area contributed by atoms with E-state index < -0.39 is 0 Å². The highest BCUT2D eigenvalue weighted by atomic mass is 16.3. The van der Waals surface area contributed by atoms with Gasteiger partial charge >= 0.3 is 0 Å². The van der Waals surface area contributed by atoms with E-state index in [2.05, 4.69) is 15.3 Å². The Kier molecular flexibility index (Phi) is 3.79. The van der Waals surface area contributed by atoms with Gasteiger partial charge in [0.05, 0.1) is 17.5 Å². The fourth-order valence-electron chi connectivity index (χ4n) is 0.920. The molecule has 1 rings (SSSR count). The minimum atomic E-state index is -0.321. The Labute approximate surface area is 78.0 Å². The first kappa shape index (κ1) is 10.1. The molecule has 1 aromatic heterocycles. The lowest BCUT2D eigenvalue weighted by atomic mass is 10.3. The fraction of sp³-hybridized carbons (Fsp3) is 0.556. The van der Waals surface area contributed by atoms with Crippen molar-refractivity contribution in [3.8, 4) is 0 Å². The molecular weight excluding hydrogens is 166 g/mol. The first-order chi connectivity index (χ1) is 6.18. The molecule has 72 valence electrons. The summed E-state index contributed by atoms with van der Waals surface area (Å²) < 4.78 is 0. The third-order valence-corrected chi connectivity index (χ3v) is 1.58. The van der Waals surface area contributed by atoms with E-state index in [1.807, 2.05) is 6.92 Å². The van der Waals surface area contributed by atoms with Crippen molar-refractivity contribution in [1.29, 1.82) is 0 Å². The standard InChI is InChI=1S/C9H15N3O/c1-7-3-12-9(6-11-7)5-10-4-8(2)13/h3,6,8,10,13H,4-5H2,1-2H3/t8-/m1/s1. The molecule has 0 saturated heterocycles. The molecule has 4 nitrogen and oxygen atoms in total. The zero-order chi connectivity index (χ0) is 9.68. The summed E-state index contributed by atoms with van der Waals surface area (Å²) in [6.07, 6.45) is 3.16. The lowest BCUT2D eigenvalue weighted by molar-refractivity contribution is 0.191.